The minimum absolute atomic E-state index is 0.293. The smallest absolute Gasteiger partial charge is 0.0791 e. The molecule has 0 radical (unpaired) electrons. The summed E-state index contributed by atoms with van der Waals surface area (Å²) < 4.78 is 1.81. The molecule has 5 heteroatoms. The average molecular weight is 254 g/mol. The van der Waals surface area contributed by atoms with Crippen LogP contribution in [-0.4, -0.2) is 58.6 Å². The molecule has 0 fully saturated rings. The Morgan fingerprint density at radius 3 is 2.72 bits per heavy atom. The van der Waals surface area contributed by atoms with Crippen molar-refractivity contribution >= 4 is 0 Å². The van der Waals surface area contributed by atoms with Crippen LogP contribution in [0.15, 0.2) is 12.4 Å². The third kappa shape index (κ3) is 5.62. The van der Waals surface area contributed by atoms with Crippen molar-refractivity contribution in [2.75, 3.05) is 32.7 Å². The van der Waals surface area contributed by atoms with Crippen molar-refractivity contribution in [3.05, 3.63) is 18.0 Å². The molecule has 0 aliphatic carbocycles. The molecule has 0 spiro atoms. The largest absolute Gasteiger partial charge is 0.390 e. The van der Waals surface area contributed by atoms with E-state index in [9.17, 15) is 5.11 Å². The molecule has 104 valence electrons. The van der Waals surface area contributed by atoms with Crippen LogP contribution in [0.4, 0.5) is 0 Å². The Labute approximate surface area is 110 Å². The van der Waals surface area contributed by atoms with Gasteiger partial charge >= 0.3 is 0 Å². The zero-order chi connectivity index (χ0) is 13.4. The monoisotopic (exact) mass is 254 g/mol. The van der Waals surface area contributed by atoms with Gasteiger partial charge in [0.15, 0.2) is 0 Å². The molecule has 1 aromatic rings. The van der Waals surface area contributed by atoms with Crippen molar-refractivity contribution in [2.45, 2.75) is 26.4 Å². The molecule has 0 aliphatic rings. The van der Waals surface area contributed by atoms with Crippen LogP contribution in [0.2, 0.25) is 0 Å². The highest BCUT2D eigenvalue weighted by Gasteiger charge is 2.08. The number of rotatable bonds is 9. The number of aliphatic hydroxyl groups is 1. The number of nitrogens with one attached hydrogen (secondary N) is 1. The van der Waals surface area contributed by atoms with E-state index in [-0.39, 0.29) is 6.10 Å². The number of nitrogens with zero attached hydrogens (tertiary/aromatic N) is 3. The Morgan fingerprint density at radius 1 is 1.44 bits per heavy atom. The molecule has 0 amide bonds. The molecule has 1 heterocycles. The highest BCUT2D eigenvalue weighted by molar-refractivity contribution is 5.03. The van der Waals surface area contributed by atoms with E-state index in [1.54, 1.807) is 0 Å². The fraction of sp³-hybridized carbons (Fsp3) is 0.769. The van der Waals surface area contributed by atoms with Crippen LogP contribution >= 0.6 is 0 Å². The van der Waals surface area contributed by atoms with Gasteiger partial charge in [-0.3, -0.25) is 4.68 Å². The molecule has 1 atom stereocenters. The van der Waals surface area contributed by atoms with Crippen LogP contribution in [0.25, 0.3) is 0 Å². The van der Waals surface area contributed by atoms with E-state index in [0.29, 0.717) is 6.54 Å². The second kappa shape index (κ2) is 8.24. The van der Waals surface area contributed by atoms with Gasteiger partial charge in [0.1, 0.15) is 0 Å². The molecule has 0 bridgehead atoms. The number of aromatic nitrogens is 2. The van der Waals surface area contributed by atoms with Gasteiger partial charge in [-0.15, -0.1) is 0 Å². The molecule has 0 aromatic carbocycles. The second-order valence-corrected chi connectivity index (χ2v) is 4.62. The Balaban J connectivity index is 2.10. The summed E-state index contributed by atoms with van der Waals surface area (Å²) in [6.45, 7) is 8.48. The first-order valence-electron chi connectivity index (χ1n) is 6.74. The number of likely N-dealkylation sites (N-methyl/N-ethyl adjacent to an activating group) is 1. The predicted molar refractivity (Wildman–Crippen MR) is 73.6 cm³/mol. The van der Waals surface area contributed by atoms with Gasteiger partial charge in [0.25, 0.3) is 0 Å². The molecule has 0 aliphatic heterocycles. The summed E-state index contributed by atoms with van der Waals surface area (Å²) in [6.07, 6.45) is 4.56. The van der Waals surface area contributed by atoms with Gasteiger partial charge in [0, 0.05) is 26.3 Å². The number of hydrogen-bond donors (Lipinski definition) is 2. The van der Waals surface area contributed by atoms with Crippen LogP contribution in [-0.2, 0) is 13.5 Å². The minimum atomic E-state index is -0.293. The summed E-state index contributed by atoms with van der Waals surface area (Å²) in [4.78, 5) is 2.23. The first-order chi connectivity index (χ1) is 8.65. The first kappa shape index (κ1) is 15.1. The standard InChI is InChI=1S/C13H26N4O/c1-4-17(5-2)11-13(18)9-14-7-6-12-8-15-16(3)10-12/h8,10,13-14,18H,4-7,9,11H2,1-3H3. The topological polar surface area (TPSA) is 53.3 Å². The van der Waals surface area contributed by atoms with Gasteiger partial charge in [0.2, 0.25) is 0 Å². The maximum atomic E-state index is 9.86. The minimum Gasteiger partial charge on any atom is -0.390 e. The quantitative estimate of drug-likeness (QED) is 0.621. The normalized spacial score (nSPS) is 13.2. The van der Waals surface area contributed by atoms with Crippen LogP contribution < -0.4 is 5.32 Å². The number of aliphatic hydroxyl groups excluding tert-OH is 1. The van der Waals surface area contributed by atoms with E-state index in [2.05, 4.69) is 29.2 Å². The highest BCUT2D eigenvalue weighted by Crippen LogP contribution is 1.96. The van der Waals surface area contributed by atoms with Crippen LogP contribution in [0.3, 0.4) is 0 Å². The van der Waals surface area contributed by atoms with Gasteiger partial charge in [0.05, 0.1) is 12.3 Å². The molecule has 0 saturated carbocycles. The number of aryl methyl sites for hydroxylation is 1. The van der Waals surface area contributed by atoms with Crippen LogP contribution in [0.5, 0.6) is 0 Å². The maximum absolute atomic E-state index is 9.86. The van der Waals surface area contributed by atoms with Gasteiger partial charge in [-0.2, -0.15) is 5.10 Å². The fourth-order valence-corrected chi connectivity index (χ4v) is 1.95. The molecule has 2 N–H and O–H groups in total. The average Bonchev–Trinajstić information content (AvgIpc) is 2.77. The molecule has 1 rings (SSSR count). The fourth-order valence-electron chi connectivity index (χ4n) is 1.95. The summed E-state index contributed by atoms with van der Waals surface area (Å²) in [6, 6.07) is 0. The van der Waals surface area contributed by atoms with Crippen molar-refractivity contribution in [2.24, 2.45) is 7.05 Å². The van der Waals surface area contributed by atoms with Crippen molar-refractivity contribution in [3.8, 4) is 0 Å². The van der Waals surface area contributed by atoms with Gasteiger partial charge in [-0.1, -0.05) is 13.8 Å². The van der Waals surface area contributed by atoms with Crippen LogP contribution in [0.1, 0.15) is 19.4 Å². The third-order valence-electron chi connectivity index (χ3n) is 3.09. The van der Waals surface area contributed by atoms with Gasteiger partial charge < -0.3 is 15.3 Å². The number of hydrogen-bond acceptors (Lipinski definition) is 4. The summed E-state index contributed by atoms with van der Waals surface area (Å²) in [5, 5.41) is 17.3. The summed E-state index contributed by atoms with van der Waals surface area (Å²) in [5.41, 5.74) is 1.23. The van der Waals surface area contributed by atoms with E-state index < -0.39 is 0 Å². The molecular weight excluding hydrogens is 228 g/mol. The summed E-state index contributed by atoms with van der Waals surface area (Å²) in [5.74, 6) is 0. The lowest BCUT2D eigenvalue weighted by Crippen LogP contribution is -2.38. The van der Waals surface area contributed by atoms with E-state index in [1.807, 2.05) is 24.1 Å². The summed E-state index contributed by atoms with van der Waals surface area (Å²) in [7, 11) is 1.92. The third-order valence-corrected chi connectivity index (χ3v) is 3.09. The van der Waals surface area contributed by atoms with Crippen molar-refractivity contribution in [3.63, 3.8) is 0 Å². The molecule has 5 nitrogen and oxygen atoms in total. The molecular formula is C13H26N4O. The van der Waals surface area contributed by atoms with E-state index in [0.717, 1.165) is 32.6 Å². The van der Waals surface area contributed by atoms with Crippen LogP contribution in [0, 0.1) is 0 Å². The second-order valence-electron chi connectivity index (χ2n) is 4.62. The lowest BCUT2D eigenvalue weighted by atomic mass is 10.2. The molecule has 18 heavy (non-hydrogen) atoms. The van der Waals surface area contributed by atoms with Crippen molar-refractivity contribution < 1.29 is 5.11 Å². The molecule has 0 saturated heterocycles. The Hall–Kier alpha value is -0.910. The maximum Gasteiger partial charge on any atom is 0.0791 e. The zero-order valence-electron chi connectivity index (χ0n) is 11.8. The van der Waals surface area contributed by atoms with Crippen molar-refractivity contribution in [1.82, 2.24) is 20.0 Å². The Kier molecular flexibility index (Phi) is 6.93. The van der Waals surface area contributed by atoms with E-state index in [1.165, 1.54) is 5.56 Å². The predicted octanol–water partition coefficient (Wildman–Crippen LogP) is 0.255. The van der Waals surface area contributed by atoms with E-state index in [4.69, 9.17) is 0 Å². The highest BCUT2D eigenvalue weighted by atomic mass is 16.3. The lowest BCUT2D eigenvalue weighted by Gasteiger charge is -2.22. The summed E-state index contributed by atoms with van der Waals surface area (Å²) >= 11 is 0. The molecule has 1 aromatic heterocycles. The van der Waals surface area contributed by atoms with Gasteiger partial charge in [-0.05, 0) is 31.6 Å². The van der Waals surface area contributed by atoms with E-state index >= 15 is 0 Å². The SMILES string of the molecule is CCN(CC)CC(O)CNCCc1cnn(C)c1. The Morgan fingerprint density at radius 2 is 2.17 bits per heavy atom. The Bertz CT molecular complexity index is 323. The first-order valence-corrected chi connectivity index (χ1v) is 6.74. The molecule has 1 unspecified atom stereocenters. The lowest BCUT2D eigenvalue weighted by molar-refractivity contribution is 0.117. The van der Waals surface area contributed by atoms with Gasteiger partial charge in [-0.25, -0.2) is 0 Å². The zero-order valence-corrected chi connectivity index (χ0v) is 11.8. The van der Waals surface area contributed by atoms with Crippen molar-refractivity contribution in [1.29, 1.82) is 0 Å².